The van der Waals surface area contributed by atoms with Gasteiger partial charge in [0.15, 0.2) is 0 Å². The second kappa shape index (κ2) is 9.50. The molecule has 0 amide bonds. The topological polar surface area (TPSA) is 64.8 Å². The number of hydrogen-bond acceptors (Lipinski definition) is 4. The van der Waals surface area contributed by atoms with Crippen LogP contribution in [0.3, 0.4) is 0 Å². The van der Waals surface area contributed by atoms with Crippen molar-refractivity contribution in [3.8, 4) is 11.3 Å². The molecule has 6 heteroatoms. The largest absolute Gasteiger partial charge is 0.373 e. The van der Waals surface area contributed by atoms with Crippen LogP contribution >= 0.6 is 11.6 Å². The third-order valence-corrected chi connectivity index (χ3v) is 4.18. The fourth-order valence-corrected chi connectivity index (χ4v) is 2.81. The zero-order valence-electron chi connectivity index (χ0n) is 15.6. The van der Waals surface area contributed by atoms with E-state index in [9.17, 15) is 0 Å². The summed E-state index contributed by atoms with van der Waals surface area (Å²) in [6.45, 7) is 11.8. The minimum absolute atomic E-state index is 0.250. The van der Waals surface area contributed by atoms with Crippen LogP contribution in [0, 0.1) is 5.41 Å². The van der Waals surface area contributed by atoms with E-state index in [2.05, 4.69) is 50.8 Å². The normalized spacial score (nSPS) is 10.8. The number of carbonyl (C=O) groups excluding carboxylic acids is 2. The van der Waals surface area contributed by atoms with Gasteiger partial charge in [-0.1, -0.05) is 39.3 Å². The lowest BCUT2D eigenvalue weighted by atomic mass is 9.89. The van der Waals surface area contributed by atoms with Crippen LogP contribution in [0.5, 0.6) is 0 Å². The number of hydrogen-bond donors (Lipinski definition) is 0. The molecule has 0 aliphatic carbocycles. The Morgan fingerprint density at radius 3 is 2.36 bits per heavy atom. The van der Waals surface area contributed by atoms with E-state index in [0.29, 0.717) is 10.4 Å². The van der Waals surface area contributed by atoms with E-state index in [0.717, 1.165) is 42.8 Å². The molecule has 2 rings (SSSR count). The first-order valence-corrected chi connectivity index (χ1v) is 8.83. The highest BCUT2D eigenvalue weighted by atomic mass is 35.5. The van der Waals surface area contributed by atoms with Crippen molar-refractivity contribution in [1.82, 2.24) is 14.8 Å². The average Bonchev–Trinajstić information content (AvgIpc) is 2.93. The monoisotopic (exact) mass is 363 g/mol. The lowest BCUT2D eigenvalue weighted by molar-refractivity contribution is -0.191. The summed E-state index contributed by atoms with van der Waals surface area (Å²) in [4.78, 5) is 20.9. The lowest BCUT2D eigenvalue weighted by Crippen LogP contribution is -2.08. The smallest absolute Gasteiger partial charge is 0.264 e. The van der Waals surface area contributed by atoms with Crippen molar-refractivity contribution < 1.29 is 9.59 Å². The highest BCUT2D eigenvalue weighted by Crippen LogP contribution is 2.31. The minimum atomic E-state index is 0.250. The Morgan fingerprint density at radius 2 is 1.84 bits per heavy atom. The molecule has 0 atom stereocenters. The van der Waals surface area contributed by atoms with Crippen molar-refractivity contribution in [3.05, 3.63) is 34.7 Å². The zero-order valence-corrected chi connectivity index (χ0v) is 16.4. The first kappa shape index (κ1) is 21.1. The third-order valence-electron chi connectivity index (χ3n) is 3.91. The van der Waals surface area contributed by atoms with Crippen LogP contribution in [0.4, 0.5) is 0 Å². The van der Waals surface area contributed by atoms with Gasteiger partial charge in [-0.25, -0.2) is 0 Å². The fourth-order valence-electron chi connectivity index (χ4n) is 2.56. The molecule has 0 saturated carbocycles. The van der Waals surface area contributed by atoms with Gasteiger partial charge in [0.25, 0.3) is 0 Å². The summed E-state index contributed by atoms with van der Waals surface area (Å²) < 4.78 is 1.94. The van der Waals surface area contributed by atoms with E-state index in [1.54, 1.807) is 6.20 Å². The summed E-state index contributed by atoms with van der Waals surface area (Å²) in [6, 6.07) is 2.23. The zero-order chi connectivity index (χ0) is 19.0. The maximum absolute atomic E-state index is 8.12. The third kappa shape index (κ3) is 6.11. The second-order valence-electron chi connectivity index (χ2n) is 6.99. The van der Waals surface area contributed by atoms with Crippen LogP contribution in [0.25, 0.3) is 11.3 Å². The van der Waals surface area contributed by atoms with Gasteiger partial charge in [0.05, 0.1) is 16.9 Å². The maximum Gasteiger partial charge on any atom is 0.373 e. The molecule has 136 valence electrons. The number of nitrogens with zero attached hydrogens (tertiary/aromatic N) is 3. The van der Waals surface area contributed by atoms with Gasteiger partial charge in [0.2, 0.25) is 0 Å². The van der Waals surface area contributed by atoms with E-state index < -0.39 is 0 Å². The molecule has 2 heterocycles. The molecule has 5 nitrogen and oxygen atoms in total. The molecule has 0 aromatic carbocycles. The highest BCUT2D eigenvalue weighted by Gasteiger charge is 2.16. The van der Waals surface area contributed by atoms with Gasteiger partial charge in [0.1, 0.15) is 0 Å². The molecule has 0 aliphatic rings. The van der Waals surface area contributed by atoms with Gasteiger partial charge in [-0.05, 0) is 43.2 Å². The van der Waals surface area contributed by atoms with Crippen molar-refractivity contribution in [3.63, 3.8) is 0 Å². The Labute approximate surface area is 154 Å². The highest BCUT2D eigenvalue weighted by molar-refractivity contribution is 6.33. The minimum Gasteiger partial charge on any atom is -0.264 e. The van der Waals surface area contributed by atoms with E-state index >= 15 is 0 Å². The summed E-state index contributed by atoms with van der Waals surface area (Å²) >= 11 is 6.34. The fraction of sp³-hybridized carbons (Fsp3) is 0.526. The lowest BCUT2D eigenvalue weighted by Gasteiger charge is -2.18. The average molecular weight is 364 g/mol. The van der Waals surface area contributed by atoms with Gasteiger partial charge in [0, 0.05) is 24.0 Å². The Bertz CT molecular complexity index is 727. The first-order chi connectivity index (χ1) is 11.8. The van der Waals surface area contributed by atoms with Crippen LogP contribution in [0.15, 0.2) is 18.5 Å². The Morgan fingerprint density at radius 1 is 1.20 bits per heavy atom. The molecule has 25 heavy (non-hydrogen) atoms. The van der Waals surface area contributed by atoms with Crippen LogP contribution in [0.1, 0.15) is 52.3 Å². The Hall–Kier alpha value is -1.97. The molecule has 0 bridgehead atoms. The number of aromatic nitrogens is 3. The van der Waals surface area contributed by atoms with Crippen molar-refractivity contribution in [2.75, 3.05) is 0 Å². The first-order valence-electron chi connectivity index (χ1n) is 8.46. The molecule has 0 fully saturated rings. The van der Waals surface area contributed by atoms with Gasteiger partial charge < -0.3 is 0 Å². The predicted molar refractivity (Wildman–Crippen MR) is 98.3 cm³/mol. The SMILES string of the molecule is CCc1cc(CCC(C)(C)C)ncc1-c1c(Cl)cnn1CC.O=C=O. The number of aryl methyl sites for hydroxylation is 3. The molecular formula is C19H26ClN3O2. The molecule has 2 aromatic rings. The Balaban J connectivity index is 0.000000970. The number of halogens is 1. The van der Waals surface area contributed by atoms with Gasteiger partial charge in [-0.15, -0.1) is 0 Å². The predicted octanol–water partition coefficient (Wildman–Crippen LogP) is 4.58. The van der Waals surface area contributed by atoms with Crippen molar-refractivity contribution in [1.29, 1.82) is 0 Å². The van der Waals surface area contributed by atoms with Crippen molar-refractivity contribution in [2.24, 2.45) is 5.41 Å². The van der Waals surface area contributed by atoms with E-state index in [-0.39, 0.29) is 6.15 Å². The molecule has 0 aliphatic heterocycles. The Kier molecular flexibility index (Phi) is 8.01. The van der Waals surface area contributed by atoms with E-state index in [4.69, 9.17) is 21.2 Å². The molecule has 0 unspecified atom stereocenters. The summed E-state index contributed by atoms with van der Waals surface area (Å²) in [5.74, 6) is 0. The van der Waals surface area contributed by atoms with Crippen LogP contribution < -0.4 is 0 Å². The molecule has 0 spiro atoms. The summed E-state index contributed by atoms with van der Waals surface area (Å²) in [5.41, 5.74) is 4.86. The molecule has 0 N–H and O–H groups in total. The second-order valence-corrected chi connectivity index (χ2v) is 7.39. The number of pyridine rings is 1. The van der Waals surface area contributed by atoms with E-state index in [1.165, 1.54) is 5.56 Å². The summed E-state index contributed by atoms with van der Waals surface area (Å²) in [6.07, 6.45) is 7.04. The van der Waals surface area contributed by atoms with Gasteiger partial charge >= 0.3 is 6.15 Å². The quantitative estimate of drug-likeness (QED) is 0.780. The number of rotatable bonds is 5. The van der Waals surface area contributed by atoms with Gasteiger partial charge in [-0.3, -0.25) is 9.67 Å². The van der Waals surface area contributed by atoms with Crippen molar-refractivity contribution in [2.45, 2.75) is 60.4 Å². The van der Waals surface area contributed by atoms with Crippen LogP contribution in [0.2, 0.25) is 5.02 Å². The van der Waals surface area contributed by atoms with E-state index in [1.807, 2.05) is 10.9 Å². The molecule has 0 saturated heterocycles. The summed E-state index contributed by atoms with van der Waals surface area (Å²) in [7, 11) is 0. The molecular weight excluding hydrogens is 338 g/mol. The summed E-state index contributed by atoms with van der Waals surface area (Å²) in [5, 5.41) is 5.03. The maximum atomic E-state index is 8.12. The molecule has 2 aromatic heterocycles. The standard InChI is InChI=1S/C18H26ClN3.CO2/c1-6-13-10-14(8-9-18(3,4)5)20-11-15(13)17-16(19)12-21-22(17)7-2;2-1-3/h10-12H,6-9H2,1-5H3;. The van der Waals surface area contributed by atoms with Crippen LogP contribution in [-0.4, -0.2) is 20.9 Å². The van der Waals surface area contributed by atoms with Crippen molar-refractivity contribution >= 4 is 17.8 Å². The van der Waals surface area contributed by atoms with Gasteiger partial charge in [-0.2, -0.15) is 14.7 Å². The van der Waals surface area contributed by atoms with Crippen LogP contribution in [-0.2, 0) is 29.0 Å². The molecule has 0 radical (unpaired) electrons.